The van der Waals surface area contributed by atoms with Crippen molar-refractivity contribution < 1.29 is 17.9 Å². The highest BCUT2D eigenvalue weighted by Crippen LogP contribution is 2.52. The van der Waals surface area contributed by atoms with E-state index in [2.05, 4.69) is 22.8 Å². The smallest absolute Gasteiger partial charge is 0.378 e. The molecule has 6 heteroatoms. The molecule has 26 heavy (non-hydrogen) atoms. The van der Waals surface area contributed by atoms with Gasteiger partial charge in [0, 0.05) is 23.7 Å². The van der Waals surface area contributed by atoms with Crippen LogP contribution in [0, 0.1) is 5.92 Å². The van der Waals surface area contributed by atoms with Crippen LogP contribution < -0.4 is 10.6 Å². The molecular weight excluding hydrogens is 341 g/mol. The molecule has 2 aliphatic heterocycles. The van der Waals surface area contributed by atoms with Crippen molar-refractivity contribution in [3.05, 3.63) is 65.2 Å². The van der Waals surface area contributed by atoms with E-state index >= 15 is 0 Å². The Bertz CT molecular complexity index is 778. The predicted octanol–water partition coefficient (Wildman–Crippen LogP) is 4.54. The molecule has 2 aliphatic rings. The van der Waals surface area contributed by atoms with Crippen molar-refractivity contribution in [3.63, 3.8) is 0 Å². The molecule has 2 heterocycles. The molecule has 138 valence electrons. The van der Waals surface area contributed by atoms with Crippen molar-refractivity contribution >= 4 is 5.69 Å². The number of alkyl halides is 3. The van der Waals surface area contributed by atoms with Crippen molar-refractivity contribution in [2.24, 2.45) is 5.92 Å². The second kappa shape index (κ2) is 6.59. The minimum absolute atomic E-state index is 0.0106. The number of ether oxygens (including phenoxy) is 1. The van der Waals surface area contributed by atoms with Gasteiger partial charge in [0.1, 0.15) is 0 Å². The van der Waals surface area contributed by atoms with Crippen LogP contribution in [0.25, 0.3) is 0 Å². The minimum Gasteiger partial charge on any atom is -0.378 e. The average molecular weight is 362 g/mol. The van der Waals surface area contributed by atoms with Crippen LogP contribution in [-0.2, 0) is 10.9 Å². The van der Waals surface area contributed by atoms with E-state index in [-0.39, 0.29) is 24.2 Å². The zero-order valence-corrected chi connectivity index (χ0v) is 14.4. The van der Waals surface area contributed by atoms with Crippen LogP contribution in [0.4, 0.5) is 18.9 Å². The van der Waals surface area contributed by atoms with Gasteiger partial charge in [0.25, 0.3) is 0 Å². The van der Waals surface area contributed by atoms with Crippen LogP contribution in [0.3, 0.4) is 0 Å². The quantitative estimate of drug-likeness (QED) is 0.841. The SMILES string of the molecule is CNCC1CC2C(c3ccccc3)Nc3ccc(C(F)(F)F)cc3C2O1. The molecule has 0 radical (unpaired) electrons. The highest BCUT2D eigenvalue weighted by molar-refractivity contribution is 5.59. The van der Waals surface area contributed by atoms with E-state index in [1.54, 1.807) is 0 Å². The molecule has 0 aromatic heterocycles. The maximum atomic E-state index is 13.2. The molecule has 2 N–H and O–H groups in total. The van der Waals surface area contributed by atoms with Gasteiger partial charge in [0.05, 0.1) is 23.8 Å². The van der Waals surface area contributed by atoms with E-state index in [9.17, 15) is 13.2 Å². The van der Waals surface area contributed by atoms with E-state index in [0.29, 0.717) is 12.1 Å². The molecule has 1 saturated heterocycles. The Morgan fingerprint density at radius 3 is 2.62 bits per heavy atom. The fourth-order valence-electron chi connectivity index (χ4n) is 4.14. The van der Waals surface area contributed by atoms with E-state index < -0.39 is 11.7 Å². The summed E-state index contributed by atoms with van der Waals surface area (Å²) in [7, 11) is 1.86. The van der Waals surface area contributed by atoms with Gasteiger partial charge in [-0.3, -0.25) is 0 Å². The summed E-state index contributed by atoms with van der Waals surface area (Å²) in [6.45, 7) is 0.683. The van der Waals surface area contributed by atoms with Crippen molar-refractivity contribution in [2.45, 2.75) is 30.8 Å². The average Bonchev–Trinajstić information content (AvgIpc) is 3.05. The molecule has 0 amide bonds. The fourth-order valence-corrected chi connectivity index (χ4v) is 4.14. The Hall–Kier alpha value is -2.05. The zero-order valence-electron chi connectivity index (χ0n) is 14.4. The van der Waals surface area contributed by atoms with Gasteiger partial charge >= 0.3 is 6.18 Å². The highest BCUT2D eigenvalue weighted by atomic mass is 19.4. The van der Waals surface area contributed by atoms with E-state index in [1.165, 1.54) is 12.1 Å². The molecule has 4 rings (SSSR count). The van der Waals surface area contributed by atoms with Gasteiger partial charge in [-0.2, -0.15) is 13.2 Å². The summed E-state index contributed by atoms with van der Waals surface area (Å²) < 4.78 is 45.7. The molecule has 0 spiro atoms. The van der Waals surface area contributed by atoms with Gasteiger partial charge in [0.15, 0.2) is 0 Å². The molecule has 2 aromatic rings. The van der Waals surface area contributed by atoms with E-state index in [0.717, 1.165) is 23.7 Å². The van der Waals surface area contributed by atoms with Gasteiger partial charge in [-0.15, -0.1) is 0 Å². The van der Waals surface area contributed by atoms with E-state index in [4.69, 9.17) is 4.74 Å². The van der Waals surface area contributed by atoms with Gasteiger partial charge in [-0.25, -0.2) is 0 Å². The first-order valence-electron chi connectivity index (χ1n) is 8.80. The molecule has 4 atom stereocenters. The lowest BCUT2D eigenvalue weighted by Crippen LogP contribution is -2.29. The topological polar surface area (TPSA) is 33.3 Å². The third-order valence-electron chi connectivity index (χ3n) is 5.28. The van der Waals surface area contributed by atoms with Crippen LogP contribution in [0.5, 0.6) is 0 Å². The summed E-state index contributed by atoms with van der Waals surface area (Å²) in [4.78, 5) is 0. The molecule has 4 unspecified atom stereocenters. The summed E-state index contributed by atoms with van der Waals surface area (Å²) in [5, 5.41) is 6.57. The normalized spacial score (nSPS) is 27.5. The number of fused-ring (bicyclic) bond motifs is 3. The first-order chi connectivity index (χ1) is 12.5. The maximum Gasteiger partial charge on any atom is 0.416 e. The van der Waals surface area contributed by atoms with Gasteiger partial charge in [0.2, 0.25) is 0 Å². The number of anilines is 1. The Labute approximate surface area is 150 Å². The van der Waals surface area contributed by atoms with Crippen LogP contribution in [0.15, 0.2) is 48.5 Å². The fraction of sp³-hybridized carbons (Fsp3) is 0.400. The lowest BCUT2D eigenvalue weighted by Gasteiger charge is -2.36. The number of rotatable bonds is 3. The Morgan fingerprint density at radius 2 is 1.92 bits per heavy atom. The van der Waals surface area contributed by atoms with Crippen LogP contribution >= 0.6 is 0 Å². The number of halogens is 3. The molecule has 3 nitrogen and oxygen atoms in total. The van der Waals surface area contributed by atoms with Crippen LogP contribution in [0.1, 0.15) is 35.3 Å². The number of benzene rings is 2. The summed E-state index contributed by atoms with van der Waals surface area (Å²) in [6, 6.07) is 13.9. The third-order valence-corrected chi connectivity index (χ3v) is 5.28. The van der Waals surface area contributed by atoms with Crippen molar-refractivity contribution in [1.29, 1.82) is 0 Å². The Balaban J connectivity index is 1.75. The van der Waals surface area contributed by atoms with Crippen molar-refractivity contribution in [3.8, 4) is 0 Å². The third kappa shape index (κ3) is 3.08. The zero-order chi connectivity index (χ0) is 18.3. The van der Waals surface area contributed by atoms with Crippen LogP contribution in [0.2, 0.25) is 0 Å². The number of hydrogen-bond acceptors (Lipinski definition) is 3. The molecule has 0 bridgehead atoms. The standard InChI is InChI=1S/C20H21F3N2O/c1-24-11-14-10-16-18(12-5-3-2-4-6-12)25-17-8-7-13(20(21,22)23)9-15(17)19(16)26-14/h2-9,14,16,18-19,24-25H,10-11H2,1H3. The van der Waals surface area contributed by atoms with E-state index in [1.807, 2.05) is 25.2 Å². The maximum absolute atomic E-state index is 13.2. The monoisotopic (exact) mass is 362 g/mol. The Morgan fingerprint density at radius 1 is 1.15 bits per heavy atom. The lowest BCUT2D eigenvalue weighted by atomic mass is 9.80. The van der Waals surface area contributed by atoms with Gasteiger partial charge in [-0.05, 0) is 37.2 Å². The minimum atomic E-state index is -4.36. The molecule has 1 fully saturated rings. The largest absolute Gasteiger partial charge is 0.416 e. The summed E-state index contributed by atoms with van der Waals surface area (Å²) in [5.74, 6) is 0.0896. The van der Waals surface area contributed by atoms with Gasteiger partial charge in [-0.1, -0.05) is 30.3 Å². The summed E-state index contributed by atoms with van der Waals surface area (Å²) in [6.07, 6.45) is -3.90. The molecule has 2 aromatic carbocycles. The molecule has 0 aliphatic carbocycles. The lowest BCUT2D eigenvalue weighted by molar-refractivity contribution is -0.137. The van der Waals surface area contributed by atoms with Gasteiger partial charge < -0.3 is 15.4 Å². The molecule has 0 saturated carbocycles. The first kappa shape index (κ1) is 17.4. The number of likely N-dealkylation sites (N-methyl/N-ethyl adjacent to an activating group) is 1. The number of nitrogens with one attached hydrogen (secondary N) is 2. The summed E-state index contributed by atoms with van der Waals surface area (Å²) >= 11 is 0. The highest BCUT2D eigenvalue weighted by Gasteiger charge is 2.46. The second-order valence-corrected chi connectivity index (χ2v) is 6.97. The van der Waals surface area contributed by atoms with Crippen LogP contribution in [-0.4, -0.2) is 19.7 Å². The Kier molecular flexibility index (Phi) is 4.40. The first-order valence-corrected chi connectivity index (χ1v) is 8.80. The van der Waals surface area contributed by atoms with Crippen molar-refractivity contribution in [1.82, 2.24) is 5.32 Å². The number of hydrogen-bond donors (Lipinski definition) is 2. The summed E-state index contributed by atoms with van der Waals surface area (Å²) in [5.41, 5.74) is 1.83. The predicted molar refractivity (Wildman–Crippen MR) is 93.9 cm³/mol. The van der Waals surface area contributed by atoms with Crippen molar-refractivity contribution in [2.75, 3.05) is 18.9 Å². The second-order valence-electron chi connectivity index (χ2n) is 6.97. The molecular formula is C20H21F3N2O.